The van der Waals surface area contributed by atoms with Crippen molar-refractivity contribution in [3.63, 3.8) is 0 Å². The third kappa shape index (κ3) is 3.29. The lowest BCUT2D eigenvalue weighted by Crippen LogP contribution is -2.32. The molecule has 2 bridgehead atoms. The zero-order valence-electron chi connectivity index (χ0n) is 18.6. The van der Waals surface area contributed by atoms with E-state index in [-0.39, 0.29) is 41.3 Å². The molecule has 0 spiro atoms. The highest BCUT2D eigenvalue weighted by atomic mass is 32.2. The summed E-state index contributed by atoms with van der Waals surface area (Å²) >= 11 is 2.90. The normalized spacial score (nSPS) is 24.7. The number of benzene rings is 3. The number of Topliss-reactive ketones (excluding diaryl/α,β-unsaturated/α-hetero) is 1. The summed E-state index contributed by atoms with van der Waals surface area (Å²) in [6.45, 7) is 0. The molecule has 0 unspecified atom stereocenters. The Morgan fingerprint density at radius 2 is 1.69 bits per heavy atom. The van der Waals surface area contributed by atoms with E-state index in [0.717, 1.165) is 31.7 Å². The van der Waals surface area contributed by atoms with E-state index in [2.05, 4.69) is 17.1 Å². The second-order valence-corrected chi connectivity index (χ2v) is 11.7. The van der Waals surface area contributed by atoms with Crippen LogP contribution in [0.5, 0.6) is 0 Å². The number of carbonyl (C=O) groups excluding carboxylic acids is 3. The highest BCUT2D eigenvalue weighted by Gasteiger charge is 2.59. The first-order chi connectivity index (χ1) is 17.1. The van der Waals surface area contributed by atoms with Gasteiger partial charge in [0.2, 0.25) is 11.8 Å². The van der Waals surface area contributed by atoms with Crippen molar-refractivity contribution in [1.29, 1.82) is 0 Å². The molecule has 2 aliphatic carbocycles. The molecule has 2 fully saturated rings. The summed E-state index contributed by atoms with van der Waals surface area (Å²) in [5.74, 6) is 0.191. The average Bonchev–Trinajstić information content (AvgIpc) is 3.64. The molecule has 1 aromatic heterocycles. The van der Waals surface area contributed by atoms with E-state index in [1.807, 2.05) is 60.7 Å². The number of nitrogens with zero attached hydrogens (tertiary/aromatic N) is 2. The topological polar surface area (TPSA) is 67.3 Å². The molecular weight excluding hydrogens is 476 g/mol. The number of aromatic nitrogens is 1. The molecule has 2 heterocycles. The molecule has 172 valence electrons. The first-order valence-corrected chi connectivity index (χ1v) is 13.5. The maximum absolute atomic E-state index is 13.1. The summed E-state index contributed by atoms with van der Waals surface area (Å²) in [5, 5.41) is 2.16. The van der Waals surface area contributed by atoms with Gasteiger partial charge >= 0.3 is 0 Å². The Kier molecular flexibility index (Phi) is 4.73. The lowest BCUT2D eigenvalue weighted by molar-refractivity contribution is -0.123. The first-order valence-electron chi connectivity index (χ1n) is 11.7. The van der Waals surface area contributed by atoms with Crippen LogP contribution in [-0.4, -0.2) is 28.3 Å². The minimum absolute atomic E-state index is 0.0590. The number of imide groups is 1. The Balaban J connectivity index is 1.10. The molecule has 3 aromatic carbocycles. The van der Waals surface area contributed by atoms with Crippen molar-refractivity contribution in [2.24, 2.45) is 23.7 Å². The summed E-state index contributed by atoms with van der Waals surface area (Å²) in [4.78, 5) is 45.1. The smallest absolute Gasteiger partial charge is 0.238 e. The molecule has 7 rings (SSSR count). The van der Waals surface area contributed by atoms with Crippen LogP contribution >= 0.6 is 23.1 Å². The van der Waals surface area contributed by atoms with E-state index in [0.29, 0.717) is 17.0 Å². The number of thiazole rings is 1. The number of amides is 2. The van der Waals surface area contributed by atoms with Crippen molar-refractivity contribution in [2.45, 2.75) is 10.8 Å². The highest BCUT2D eigenvalue weighted by molar-refractivity contribution is 8.01. The molecule has 7 heteroatoms. The molecule has 1 aliphatic heterocycles. The molecule has 1 saturated carbocycles. The van der Waals surface area contributed by atoms with Crippen LogP contribution in [0.4, 0.5) is 5.69 Å². The molecule has 4 aromatic rings. The van der Waals surface area contributed by atoms with Gasteiger partial charge in [-0.3, -0.25) is 14.4 Å². The molecule has 3 aliphatic rings. The van der Waals surface area contributed by atoms with Crippen molar-refractivity contribution in [3.05, 3.63) is 78.4 Å². The van der Waals surface area contributed by atoms with Crippen LogP contribution in [0.1, 0.15) is 16.8 Å². The number of hydrogen-bond acceptors (Lipinski definition) is 6. The fourth-order valence-electron chi connectivity index (χ4n) is 5.82. The van der Waals surface area contributed by atoms with Crippen LogP contribution in [0.2, 0.25) is 0 Å². The Bertz CT molecular complexity index is 1560. The fraction of sp³-hybridized carbons (Fsp3) is 0.214. The maximum Gasteiger partial charge on any atom is 0.238 e. The summed E-state index contributed by atoms with van der Waals surface area (Å²) in [5.41, 5.74) is 2.12. The first kappa shape index (κ1) is 21.0. The van der Waals surface area contributed by atoms with Crippen molar-refractivity contribution in [1.82, 2.24) is 4.98 Å². The van der Waals surface area contributed by atoms with Crippen molar-refractivity contribution < 1.29 is 14.4 Å². The van der Waals surface area contributed by atoms with Gasteiger partial charge in [0.25, 0.3) is 0 Å². The van der Waals surface area contributed by atoms with Gasteiger partial charge in [-0.25, -0.2) is 9.88 Å². The van der Waals surface area contributed by atoms with Gasteiger partial charge in [0.05, 0.1) is 33.5 Å². The highest BCUT2D eigenvalue weighted by Crippen LogP contribution is 2.53. The monoisotopic (exact) mass is 496 g/mol. The zero-order valence-corrected chi connectivity index (χ0v) is 20.2. The molecule has 4 atom stereocenters. The van der Waals surface area contributed by atoms with Crippen LogP contribution < -0.4 is 4.90 Å². The molecule has 2 amide bonds. The van der Waals surface area contributed by atoms with E-state index in [9.17, 15) is 14.4 Å². The third-order valence-corrected chi connectivity index (χ3v) is 9.64. The van der Waals surface area contributed by atoms with Crippen LogP contribution in [0.3, 0.4) is 0 Å². The Morgan fingerprint density at radius 3 is 2.46 bits per heavy atom. The zero-order chi connectivity index (χ0) is 23.7. The number of rotatable bonds is 5. The van der Waals surface area contributed by atoms with Crippen LogP contribution in [0, 0.1) is 23.7 Å². The van der Waals surface area contributed by atoms with Crippen molar-refractivity contribution in [3.8, 4) is 0 Å². The summed E-state index contributed by atoms with van der Waals surface area (Å²) in [7, 11) is 0. The number of allylic oxidation sites excluding steroid dienone is 2. The number of thioether (sulfide) groups is 1. The van der Waals surface area contributed by atoms with Gasteiger partial charge in [-0.15, -0.1) is 11.3 Å². The van der Waals surface area contributed by atoms with Gasteiger partial charge < -0.3 is 0 Å². The number of carbonyl (C=O) groups is 3. The number of anilines is 1. The van der Waals surface area contributed by atoms with E-state index in [1.54, 1.807) is 0 Å². The minimum Gasteiger partial charge on any atom is -0.293 e. The molecule has 35 heavy (non-hydrogen) atoms. The van der Waals surface area contributed by atoms with Gasteiger partial charge in [0, 0.05) is 5.56 Å². The summed E-state index contributed by atoms with van der Waals surface area (Å²) in [6.07, 6.45) is 5.14. The lowest BCUT2D eigenvalue weighted by atomic mass is 9.85. The van der Waals surface area contributed by atoms with Crippen molar-refractivity contribution >= 4 is 67.4 Å². The number of hydrogen-bond donors (Lipinski definition) is 0. The van der Waals surface area contributed by atoms with Gasteiger partial charge in [-0.2, -0.15) is 0 Å². The predicted octanol–water partition coefficient (Wildman–Crippen LogP) is 5.74. The largest absolute Gasteiger partial charge is 0.293 e. The standard InChI is InChI=1S/C28H20N2O3S2/c31-22(17-6-5-15-3-1-2-4-16(15)11-17)14-34-28-29-21-10-9-20(13-23(21)35-28)30-26(32)24-18-7-8-19(12-18)25(24)27(30)33/h1-11,13,18-19,24-25H,12,14H2/t18-,19-,24-,25+/m0/s1. The quantitative estimate of drug-likeness (QED) is 0.153. The van der Waals surface area contributed by atoms with E-state index in [4.69, 9.17) is 0 Å². The number of fused-ring (bicyclic) bond motifs is 7. The van der Waals surface area contributed by atoms with Crippen LogP contribution in [-0.2, 0) is 9.59 Å². The van der Waals surface area contributed by atoms with Gasteiger partial charge in [0.15, 0.2) is 10.1 Å². The summed E-state index contributed by atoms with van der Waals surface area (Å²) in [6, 6.07) is 19.3. The van der Waals surface area contributed by atoms with Crippen LogP contribution in [0.25, 0.3) is 21.0 Å². The minimum atomic E-state index is -0.207. The lowest BCUT2D eigenvalue weighted by Gasteiger charge is -2.17. The number of ketones is 1. The van der Waals surface area contributed by atoms with Crippen LogP contribution in [0.15, 0.2) is 77.2 Å². The molecule has 0 radical (unpaired) electrons. The SMILES string of the molecule is O=C(CSc1nc2ccc(N3C(=O)[C@@H]4[C@H](C3=O)[C@H]3C=C[C@H]4C3)cc2s1)c1ccc2ccccc2c1. The molecule has 0 N–H and O–H groups in total. The molecule has 1 saturated heterocycles. The second kappa shape index (κ2) is 7.86. The Morgan fingerprint density at radius 1 is 0.943 bits per heavy atom. The Labute approximate surface area is 209 Å². The maximum atomic E-state index is 13.1. The second-order valence-electron chi connectivity index (χ2n) is 9.42. The molecular formula is C28H20N2O3S2. The Hall–Kier alpha value is -3.29. The van der Waals surface area contributed by atoms with Gasteiger partial charge in [-0.1, -0.05) is 60.3 Å². The summed E-state index contributed by atoms with van der Waals surface area (Å²) < 4.78 is 1.70. The van der Waals surface area contributed by atoms with Gasteiger partial charge in [0.1, 0.15) is 0 Å². The van der Waals surface area contributed by atoms with E-state index >= 15 is 0 Å². The fourth-order valence-corrected chi connectivity index (χ4v) is 7.82. The predicted molar refractivity (Wildman–Crippen MR) is 139 cm³/mol. The van der Waals surface area contributed by atoms with Gasteiger partial charge in [-0.05, 0) is 53.3 Å². The molecule has 5 nitrogen and oxygen atoms in total. The third-order valence-electron chi connectivity index (χ3n) is 7.48. The average molecular weight is 497 g/mol. The van der Waals surface area contributed by atoms with Crippen molar-refractivity contribution in [2.75, 3.05) is 10.7 Å². The van der Waals surface area contributed by atoms with E-state index in [1.165, 1.54) is 28.0 Å². The van der Waals surface area contributed by atoms with E-state index < -0.39 is 0 Å².